The van der Waals surface area contributed by atoms with E-state index in [9.17, 15) is 0 Å². The standard InChI is InChI=1S/C16H20BrClO2/c1-10-4-2-5-11(10)16(17)12-8-14-15(9-13(12)18)20-7-3-6-19-14/h8-11,16H,2-7H2,1H3. The summed E-state index contributed by atoms with van der Waals surface area (Å²) in [4.78, 5) is 0.296. The van der Waals surface area contributed by atoms with Crippen molar-refractivity contribution in [2.75, 3.05) is 13.2 Å². The minimum absolute atomic E-state index is 0.296. The lowest BCUT2D eigenvalue weighted by atomic mass is 9.90. The van der Waals surface area contributed by atoms with Gasteiger partial charge >= 0.3 is 0 Å². The second-order valence-corrected chi connectivity index (χ2v) is 7.24. The number of hydrogen-bond donors (Lipinski definition) is 0. The van der Waals surface area contributed by atoms with E-state index in [4.69, 9.17) is 21.1 Å². The van der Waals surface area contributed by atoms with E-state index >= 15 is 0 Å². The summed E-state index contributed by atoms with van der Waals surface area (Å²) in [6.07, 6.45) is 4.81. The molecular formula is C16H20BrClO2. The average molecular weight is 360 g/mol. The van der Waals surface area contributed by atoms with E-state index < -0.39 is 0 Å². The molecule has 3 atom stereocenters. The summed E-state index contributed by atoms with van der Waals surface area (Å²) in [7, 11) is 0. The molecule has 1 aromatic carbocycles. The van der Waals surface area contributed by atoms with E-state index in [2.05, 4.69) is 28.9 Å². The van der Waals surface area contributed by atoms with Crippen LogP contribution in [-0.4, -0.2) is 13.2 Å². The summed E-state index contributed by atoms with van der Waals surface area (Å²) < 4.78 is 11.5. The van der Waals surface area contributed by atoms with Crippen molar-refractivity contribution in [2.45, 2.75) is 37.4 Å². The molecule has 20 heavy (non-hydrogen) atoms. The lowest BCUT2D eigenvalue weighted by molar-refractivity contribution is 0.297. The van der Waals surface area contributed by atoms with Gasteiger partial charge in [0.25, 0.3) is 0 Å². The zero-order valence-electron chi connectivity index (χ0n) is 11.7. The summed E-state index contributed by atoms with van der Waals surface area (Å²) in [5.41, 5.74) is 1.13. The number of halogens is 2. The zero-order chi connectivity index (χ0) is 14.1. The Bertz CT molecular complexity index is 492. The third-order valence-corrected chi connectivity index (χ3v) is 5.97. The summed E-state index contributed by atoms with van der Waals surface area (Å²) in [5, 5.41) is 0.773. The Kier molecular flexibility index (Phi) is 4.46. The minimum atomic E-state index is 0.296. The highest BCUT2D eigenvalue weighted by Gasteiger charge is 2.32. The number of hydrogen-bond acceptors (Lipinski definition) is 2. The van der Waals surface area contributed by atoms with Gasteiger partial charge in [-0.05, 0) is 29.9 Å². The molecule has 110 valence electrons. The summed E-state index contributed by atoms with van der Waals surface area (Å²) in [5.74, 6) is 3.00. The lowest BCUT2D eigenvalue weighted by Crippen LogP contribution is -2.11. The van der Waals surface area contributed by atoms with Crippen LogP contribution in [0.3, 0.4) is 0 Å². The molecule has 1 aliphatic carbocycles. The van der Waals surface area contributed by atoms with Crippen LogP contribution in [-0.2, 0) is 0 Å². The second-order valence-electron chi connectivity index (χ2n) is 5.84. The van der Waals surface area contributed by atoms with E-state index in [-0.39, 0.29) is 0 Å². The fourth-order valence-electron chi connectivity index (χ4n) is 3.25. The van der Waals surface area contributed by atoms with Gasteiger partial charge in [-0.1, -0.05) is 47.3 Å². The normalized spacial score (nSPS) is 27.1. The quantitative estimate of drug-likeness (QED) is 0.661. The molecule has 3 unspecified atom stereocenters. The predicted molar refractivity (Wildman–Crippen MR) is 85.2 cm³/mol. The van der Waals surface area contributed by atoms with Crippen molar-refractivity contribution in [3.05, 3.63) is 22.7 Å². The van der Waals surface area contributed by atoms with Gasteiger partial charge in [0.15, 0.2) is 11.5 Å². The fourth-order valence-corrected chi connectivity index (χ4v) is 4.82. The second kappa shape index (κ2) is 6.15. The Labute approximate surface area is 133 Å². The highest BCUT2D eigenvalue weighted by atomic mass is 79.9. The average Bonchev–Trinajstić information content (AvgIpc) is 2.72. The first-order chi connectivity index (χ1) is 9.66. The number of alkyl halides is 1. The molecule has 0 aromatic heterocycles. The molecule has 1 heterocycles. The molecule has 0 spiro atoms. The molecule has 1 fully saturated rings. The van der Waals surface area contributed by atoms with Crippen molar-refractivity contribution in [3.8, 4) is 11.5 Å². The minimum Gasteiger partial charge on any atom is -0.490 e. The van der Waals surface area contributed by atoms with E-state index in [0.29, 0.717) is 24.0 Å². The van der Waals surface area contributed by atoms with Crippen LogP contribution in [0.5, 0.6) is 11.5 Å². The van der Waals surface area contributed by atoms with Gasteiger partial charge in [-0.2, -0.15) is 0 Å². The van der Waals surface area contributed by atoms with Crippen LogP contribution < -0.4 is 9.47 Å². The zero-order valence-corrected chi connectivity index (χ0v) is 14.0. The van der Waals surface area contributed by atoms with Gasteiger partial charge in [-0.15, -0.1) is 0 Å². The molecule has 1 aliphatic heterocycles. The molecule has 0 N–H and O–H groups in total. The molecule has 3 rings (SSSR count). The van der Waals surface area contributed by atoms with E-state index in [1.54, 1.807) is 0 Å². The van der Waals surface area contributed by atoms with Gasteiger partial charge in [-0.25, -0.2) is 0 Å². The Morgan fingerprint density at radius 1 is 1.15 bits per heavy atom. The van der Waals surface area contributed by atoms with E-state index in [0.717, 1.165) is 34.4 Å². The highest BCUT2D eigenvalue weighted by Crippen LogP contribution is 2.48. The molecular weight excluding hydrogens is 340 g/mol. The van der Waals surface area contributed by atoms with Crippen molar-refractivity contribution in [3.63, 3.8) is 0 Å². The predicted octanol–water partition coefficient (Wildman–Crippen LogP) is 5.37. The van der Waals surface area contributed by atoms with Crippen LogP contribution in [0.4, 0.5) is 0 Å². The molecule has 1 aromatic rings. The molecule has 1 saturated carbocycles. The van der Waals surface area contributed by atoms with Crippen molar-refractivity contribution in [1.29, 1.82) is 0 Å². The van der Waals surface area contributed by atoms with Gasteiger partial charge in [-0.3, -0.25) is 0 Å². The molecule has 0 amide bonds. The summed E-state index contributed by atoms with van der Waals surface area (Å²) in [6, 6.07) is 3.97. The Hall–Kier alpha value is -0.410. The van der Waals surface area contributed by atoms with Gasteiger partial charge in [0.2, 0.25) is 0 Å². The van der Waals surface area contributed by atoms with Gasteiger partial charge in [0.1, 0.15) is 0 Å². The summed E-state index contributed by atoms with van der Waals surface area (Å²) in [6.45, 7) is 3.74. The first kappa shape index (κ1) is 14.5. The van der Waals surface area contributed by atoms with Crippen molar-refractivity contribution in [1.82, 2.24) is 0 Å². The van der Waals surface area contributed by atoms with E-state index in [1.807, 2.05) is 6.07 Å². The molecule has 0 saturated heterocycles. The third kappa shape index (κ3) is 2.80. The van der Waals surface area contributed by atoms with Gasteiger partial charge < -0.3 is 9.47 Å². The number of ether oxygens (including phenoxy) is 2. The highest BCUT2D eigenvalue weighted by molar-refractivity contribution is 9.09. The number of rotatable bonds is 2. The topological polar surface area (TPSA) is 18.5 Å². The smallest absolute Gasteiger partial charge is 0.162 e. The largest absolute Gasteiger partial charge is 0.490 e. The van der Waals surface area contributed by atoms with Crippen LogP contribution >= 0.6 is 27.5 Å². The van der Waals surface area contributed by atoms with Crippen LogP contribution in [0, 0.1) is 11.8 Å². The Morgan fingerprint density at radius 2 is 1.85 bits per heavy atom. The SMILES string of the molecule is CC1CCCC1C(Br)c1cc2c(cc1Cl)OCCCO2. The maximum atomic E-state index is 6.47. The first-order valence-corrected chi connectivity index (χ1v) is 8.69. The molecule has 0 radical (unpaired) electrons. The van der Waals surface area contributed by atoms with Crippen molar-refractivity contribution < 1.29 is 9.47 Å². The van der Waals surface area contributed by atoms with E-state index in [1.165, 1.54) is 19.3 Å². The third-order valence-electron chi connectivity index (χ3n) is 4.47. The van der Waals surface area contributed by atoms with Gasteiger partial charge in [0, 0.05) is 22.3 Å². The maximum absolute atomic E-state index is 6.47. The Morgan fingerprint density at radius 3 is 2.50 bits per heavy atom. The van der Waals surface area contributed by atoms with Crippen LogP contribution in [0.25, 0.3) is 0 Å². The lowest BCUT2D eigenvalue weighted by Gasteiger charge is -2.24. The molecule has 2 aliphatic rings. The maximum Gasteiger partial charge on any atom is 0.162 e. The molecule has 4 heteroatoms. The van der Waals surface area contributed by atoms with Gasteiger partial charge in [0.05, 0.1) is 13.2 Å². The molecule has 0 bridgehead atoms. The number of benzene rings is 1. The van der Waals surface area contributed by atoms with Crippen LogP contribution in [0.1, 0.15) is 43.0 Å². The van der Waals surface area contributed by atoms with Crippen molar-refractivity contribution >= 4 is 27.5 Å². The monoisotopic (exact) mass is 358 g/mol. The van der Waals surface area contributed by atoms with Crippen molar-refractivity contribution in [2.24, 2.45) is 11.8 Å². The summed E-state index contributed by atoms with van der Waals surface area (Å²) >= 11 is 10.3. The van der Waals surface area contributed by atoms with Crippen LogP contribution in [0.15, 0.2) is 12.1 Å². The fraction of sp³-hybridized carbons (Fsp3) is 0.625. The van der Waals surface area contributed by atoms with Crippen LogP contribution in [0.2, 0.25) is 5.02 Å². The first-order valence-electron chi connectivity index (χ1n) is 7.40. The molecule has 2 nitrogen and oxygen atoms in total. The number of fused-ring (bicyclic) bond motifs is 1. The Balaban J connectivity index is 1.91.